The van der Waals surface area contributed by atoms with Crippen LogP contribution in [0.5, 0.6) is 0 Å². The van der Waals surface area contributed by atoms with Crippen LogP contribution in [0.1, 0.15) is 94.5 Å². The minimum absolute atomic E-state index is 0.0248. The molecule has 132 valence electrons. The van der Waals surface area contributed by atoms with Crippen LogP contribution in [0.3, 0.4) is 0 Å². The standard InChI is InChI=1S/C20H37N3/c1-17(2,3)15-14(16(18(4,5)6)22-13-21-15)23(19(7,8)9)20(10,11)12/h13H,1-12H3. The Labute approximate surface area is 143 Å². The lowest BCUT2D eigenvalue weighted by atomic mass is 9.81. The van der Waals surface area contributed by atoms with E-state index >= 15 is 0 Å². The molecule has 1 rings (SSSR count). The van der Waals surface area contributed by atoms with Gasteiger partial charge in [0.05, 0.1) is 17.1 Å². The second-order valence-corrected chi connectivity index (χ2v) is 10.6. The fourth-order valence-corrected chi connectivity index (χ4v) is 3.37. The Hall–Kier alpha value is -1.12. The first-order valence-corrected chi connectivity index (χ1v) is 8.63. The highest BCUT2D eigenvalue weighted by molar-refractivity contribution is 5.62. The average molecular weight is 320 g/mol. The molecule has 0 saturated carbocycles. The summed E-state index contributed by atoms with van der Waals surface area (Å²) in [4.78, 5) is 11.9. The van der Waals surface area contributed by atoms with Crippen LogP contribution < -0.4 is 4.90 Å². The number of hydrogen-bond acceptors (Lipinski definition) is 3. The van der Waals surface area contributed by atoms with Crippen molar-refractivity contribution in [2.24, 2.45) is 0 Å². The van der Waals surface area contributed by atoms with Crippen LogP contribution >= 0.6 is 0 Å². The molecule has 3 nitrogen and oxygen atoms in total. The highest BCUT2D eigenvalue weighted by Crippen LogP contribution is 2.43. The van der Waals surface area contributed by atoms with E-state index in [1.807, 2.05) is 0 Å². The van der Waals surface area contributed by atoms with Gasteiger partial charge in [-0.3, -0.25) is 0 Å². The lowest BCUT2D eigenvalue weighted by Gasteiger charge is -2.50. The number of aromatic nitrogens is 2. The minimum atomic E-state index is -0.0347. The number of hydrogen-bond donors (Lipinski definition) is 0. The molecule has 0 aliphatic rings. The quantitative estimate of drug-likeness (QED) is 0.687. The van der Waals surface area contributed by atoms with E-state index in [4.69, 9.17) is 9.97 Å². The van der Waals surface area contributed by atoms with Crippen molar-refractivity contribution in [1.29, 1.82) is 0 Å². The van der Waals surface area contributed by atoms with Crippen molar-refractivity contribution in [2.45, 2.75) is 105 Å². The van der Waals surface area contributed by atoms with Gasteiger partial charge < -0.3 is 4.90 Å². The van der Waals surface area contributed by atoms with E-state index < -0.39 is 0 Å². The summed E-state index contributed by atoms with van der Waals surface area (Å²) >= 11 is 0. The average Bonchev–Trinajstić information content (AvgIpc) is 2.21. The third kappa shape index (κ3) is 4.45. The normalized spacial score (nSPS) is 14.1. The molecule has 3 heteroatoms. The zero-order valence-corrected chi connectivity index (χ0v) is 17.4. The van der Waals surface area contributed by atoms with E-state index in [9.17, 15) is 0 Å². The summed E-state index contributed by atoms with van der Waals surface area (Å²) in [6.07, 6.45) is 1.73. The SMILES string of the molecule is CC(C)(C)c1ncnc(C(C)(C)C)c1N(C(C)(C)C)C(C)(C)C. The van der Waals surface area contributed by atoms with Crippen molar-refractivity contribution >= 4 is 5.69 Å². The molecule has 0 spiro atoms. The molecule has 0 aliphatic heterocycles. The first-order chi connectivity index (χ1) is 9.97. The molecule has 0 saturated heterocycles. The Kier molecular flexibility index (Phi) is 4.98. The Balaban J connectivity index is 3.91. The molecule has 0 aromatic carbocycles. The highest BCUT2D eigenvalue weighted by atomic mass is 15.3. The van der Waals surface area contributed by atoms with Crippen LogP contribution in [0.2, 0.25) is 0 Å². The van der Waals surface area contributed by atoms with Gasteiger partial charge >= 0.3 is 0 Å². The van der Waals surface area contributed by atoms with Gasteiger partial charge in [-0.25, -0.2) is 9.97 Å². The van der Waals surface area contributed by atoms with Gasteiger partial charge in [0.2, 0.25) is 0 Å². The number of anilines is 1. The second kappa shape index (κ2) is 5.75. The number of rotatable bonds is 1. The maximum absolute atomic E-state index is 4.72. The molecule has 1 aromatic heterocycles. The summed E-state index contributed by atoms with van der Waals surface area (Å²) < 4.78 is 0. The Morgan fingerprint density at radius 1 is 0.609 bits per heavy atom. The van der Waals surface area contributed by atoms with E-state index in [0.29, 0.717) is 0 Å². The van der Waals surface area contributed by atoms with Crippen LogP contribution in [0.25, 0.3) is 0 Å². The van der Waals surface area contributed by atoms with Crippen LogP contribution in [0.4, 0.5) is 5.69 Å². The van der Waals surface area contributed by atoms with Crippen molar-refractivity contribution < 1.29 is 0 Å². The van der Waals surface area contributed by atoms with Crippen LogP contribution in [-0.2, 0) is 10.8 Å². The van der Waals surface area contributed by atoms with E-state index in [1.165, 1.54) is 5.69 Å². The maximum atomic E-state index is 4.72. The molecule has 0 bridgehead atoms. The molecule has 1 aromatic rings. The summed E-state index contributed by atoms with van der Waals surface area (Å²) in [6, 6.07) is 0. The van der Waals surface area contributed by atoms with Gasteiger partial charge in [0, 0.05) is 21.9 Å². The summed E-state index contributed by atoms with van der Waals surface area (Å²) in [5.41, 5.74) is 3.34. The van der Waals surface area contributed by atoms with Crippen molar-refractivity contribution in [3.05, 3.63) is 17.7 Å². The maximum Gasteiger partial charge on any atom is 0.116 e. The van der Waals surface area contributed by atoms with Gasteiger partial charge in [0.15, 0.2) is 0 Å². The monoisotopic (exact) mass is 319 g/mol. The van der Waals surface area contributed by atoms with Gasteiger partial charge in [0.25, 0.3) is 0 Å². The lowest BCUT2D eigenvalue weighted by molar-refractivity contribution is 0.370. The van der Waals surface area contributed by atoms with Crippen LogP contribution in [0.15, 0.2) is 6.33 Å². The predicted molar refractivity (Wildman–Crippen MR) is 101 cm³/mol. The molecule has 0 aliphatic carbocycles. The van der Waals surface area contributed by atoms with Gasteiger partial charge in [-0.1, -0.05) is 41.5 Å². The van der Waals surface area contributed by atoms with E-state index in [-0.39, 0.29) is 21.9 Å². The molecular formula is C20H37N3. The van der Waals surface area contributed by atoms with E-state index in [1.54, 1.807) is 6.33 Å². The minimum Gasteiger partial charge on any atom is -0.359 e. The fourth-order valence-electron chi connectivity index (χ4n) is 3.37. The van der Waals surface area contributed by atoms with Gasteiger partial charge in [0.1, 0.15) is 6.33 Å². The first kappa shape index (κ1) is 19.9. The zero-order valence-electron chi connectivity index (χ0n) is 17.4. The Morgan fingerprint density at radius 2 is 0.913 bits per heavy atom. The molecule has 0 fully saturated rings. The second-order valence-electron chi connectivity index (χ2n) is 10.6. The van der Waals surface area contributed by atoms with Gasteiger partial charge in [-0.2, -0.15) is 0 Å². The molecule has 23 heavy (non-hydrogen) atoms. The van der Waals surface area contributed by atoms with E-state index in [2.05, 4.69) is 88.0 Å². The smallest absolute Gasteiger partial charge is 0.116 e. The molecule has 0 amide bonds. The van der Waals surface area contributed by atoms with Crippen molar-refractivity contribution in [3.63, 3.8) is 0 Å². The molecular weight excluding hydrogens is 282 g/mol. The zero-order chi connectivity index (χ0) is 18.4. The summed E-state index contributed by atoms with van der Waals surface area (Å²) in [7, 11) is 0. The lowest BCUT2D eigenvalue weighted by Crippen LogP contribution is -2.54. The first-order valence-electron chi connectivity index (χ1n) is 8.63. The summed E-state index contributed by atoms with van der Waals surface area (Å²) in [6.45, 7) is 27.0. The molecule has 0 N–H and O–H groups in total. The molecule has 0 atom stereocenters. The molecule has 0 radical (unpaired) electrons. The topological polar surface area (TPSA) is 29.0 Å². The number of nitrogens with zero attached hydrogens (tertiary/aromatic N) is 3. The third-order valence-corrected chi connectivity index (χ3v) is 3.81. The highest BCUT2D eigenvalue weighted by Gasteiger charge is 2.39. The van der Waals surface area contributed by atoms with Crippen LogP contribution in [-0.4, -0.2) is 21.0 Å². The van der Waals surface area contributed by atoms with Gasteiger partial charge in [-0.15, -0.1) is 0 Å². The fraction of sp³-hybridized carbons (Fsp3) is 0.800. The Bertz CT molecular complexity index is 500. The molecule has 0 unspecified atom stereocenters. The summed E-state index contributed by atoms with van der Waals surface area (Å²) in [5.74, 6) is 0. The van der Waals surface area contributed by atoms with Crippen LogP contribution in [0, 0.1) is 0 Å². The Morgan fingerprint density at radius 3 is 1.13 bits per heavy atom. The summed E-state index contributed by atoms with van der Waals surface area (Å²) in [5, 5.41) is 0. The largest absolute Gasteiger partial charge is 0.359 e. The van der Waals surface area contributed by atoms with Gasteiger partial charge in [-0.05, 0) is 41.5 Å². The molecule has 1 heterocycles. The predicted octanol–water partition coefficient (Wildman–Crippen LogP) is 5.48. The van der Waals surface area contributed by atoms with E-state index in [0.717, 1.165) is 11.4 Å². The third-order valence-electron chi connectivity index (χ3n) is 3.81. The van der Waals surface area contributed by atoms with Crippen molar-refractivity contribution in [2.75, 3.05) is 4.90 Å². The van der Waals surface area contributed by atoms with Crippen molar-refractivity contribution in [3.8, 4) is 0 Å². The van der Waals surface area contributed by atoms with Crippen molar-refractivity contribution in [1.82, 2.24) is 9.97 Å².